The Morgan fingerprint density at radius 1 is 1.60 bits per heavy atom. The molecule has 0 aliphatic heterocycles. The van der Waals surface area contributed by atoms with E-state index in [-0.39, 0.29) is 5.91 Å². The molecule has 1 rings (SSSR count). The van der Waals surface area contributed by atoms with Crippen LogP contribution < -0.4 is 11.1 Å². The zero-order chi connectivity index (χ0) is 11.3. The van der Waals surface area contributed by atoms with Crippen LogP contribution in [0.25, 0.3) is 0 Å². The first kappa shape index (κ1) is 12.0. The number of ether oxygens (including phenoxy) is 1. The average molecular weight is 273 g/mol. The van der Waals surface area contributed by atoms with E-state index in [9.17, 15) is 4.79 Å². The molecule has 0 saturated heterocycles. The van der Waals surface area contributed by atoms with E-state index in [1.807, 2.05) is 0 Å². The van der Waals surface area contributed by atoms with Crippen LogP contribution in [0.2, 0.25) is 0 Å². The highest BCUT2D eigenvalue weighted by atomic mass is 79.9. The molecular formula is C10H13BrN2O2. The second-order valence-electron chi connectivity index (χ2n) is 3.03. The summed E-state index contributed by atoms with van der Waals surface area (Å²) in [5, 5.41) is 2.75. The first-order chi connectivity index (χ1) is 7.13. The zero-order valence-electron chi connectivity index (χ0n) is 8.42. The van der Waals surface area contributed by atoms with Crippen LogP contribution in [0.1, 0.15) is 6.42 Å². The van der Waals surface area contributed by atoms with Crippen molar-refractivity contribution in [3.63, 3.8) is 0 Å². The van der Waals surface area contributed by atoms with E-state index in [0.29, 0.717) is 24.4 Å². The van der Waals surface area contributed by atoms with E-state index in [0.717, 1.165) is 4.47 Å². The Labute approximate surface area is 96.9 Å². The first-order valence-electron chi connectivity index (χ1n) is 4.47. The second kappa shape index (κ2) is 5.72. The van der Waals surface area contributed by atoms with Gasteiger partial charge in [-0.05, 0) is 34.1 Å². The molecule has 0 heterocycles. The van der Waals surface area contributed by atoms with Crippen molar-refractivity contribution in [3.8, 4) is 0 Å². The molecule has 1 aromatic carbocycles. The molecule has 1 amide bonds. The summed E-state index contributed by atoms with van der Waals surface area (Å²) in [6.07, 6.45) is 0.341. The van der Waals surface area contributed by atoms with E-state index in [4.69, 9.17) is 10.5 Å². The van der Waals surface area contributed by atoms with Crippen LogP contribution in [0.5, 0.6) is 0 Å². The number of hydrogen-bond acceptors (Lipinski definition) is 3. The topological polar surface area (TPSA) is 64.3 Å². The summed E-state index contributed by atoms with van der Waals surface area (Å²) in [5.74, 6) is -0.0812. The lowest BCUT2D eigenvalue weighted by Gasteiger charge is -2.07. The van der Waals surface area contributed by atoms with E-state index in [1.165, 1.54) is 0 Å². The number of nitrogens with two attached hydrogens (primary N) is 1. The third-order valence-corrected chi connectivity index (χ3v) is 2.46. The fraction of sp³-hybridized carbons (Fsp3) is 0.300. The monoisotopic (exact) mass is 272 g/mol. The number of nitrogen functional groups attached to an aromatic ring is 1. The number of amides is 1. The van der Waals surface area contributed by atoms with Gasteiger partial charge in [-0.25, -0.2) is 0 Å². The molecule has 0 aliphatic rings. The van der Waals surface area contributed by atoms with Crippen LogP contribution in [-0.2, 0) is 9.53 Å². The molecule has 0 saturated carbocycles. The maximum absolute atomic E-state index is 11.4. The van der Waals surface area contributed by atoms with E-state index in [1.54, 1.807) is 25.3 Å². The van der Waals surface area contributed by atoms with Crippen molar-refractivity contribution in [1.82, 2.24) is 0 Å². The second-order valence-corrected chi connectivity index (χ2v) is 3.88. The average Bonchev–Trinajstić information content (AvgIpc) is 2.19. The molecule has 82 valence electrons. The van der Waals surface area contributed by atoms with Crippen LogP contribution in [-0.4, -0.2) is 19.6 Å². The summed E-state index contributed by atoms with van der Waals surface area (Å²) in [5.41, 5.74) is 6.94. The van der Waals surface area contributed by atoms with Gasteiger partial charge in [-0.3, -0.25) is 4.79 Å². The zero-order valence-corrected chi connectivity index (χ0v) is 10.0. The molecule has 5 heteroatoms. The van der Waals surface area contributed by atoms with Gasteiger partial charge >= 0.3 is 0 Å². The molecule has 0 aliphatic carbocycles. The largest absolute Gasteiger partial charge is 0.399 e. The molecule has 3 N–H and O–H groups in total. The SMILES string of the molecule is COCCC(=O)Nc1ccc(N)cc1Br. The molecule has 0 aromatic heterocycles. The van der Waals surface area contributed by atoms with Gasteiger partial charge in [0, 0.05) is 17.3 Å². The summed E-state index contributed by atoms with van der Waals surface area (Å²) in [6.45, 7) is 0.415. The van der Waals surface area contributed by atoms with Gasteiger partial charge in [-0.15, -0.1) is 0 Å². The molecule has 0 unspecified atom stereocenters. The lowest BCUT2D eigenvalue weighted by atomic mass is 10.3. The Balaban J connectivity index is 2.60. The van der Waals surface area contributed by atoms with Gasteiger partial charge in [0.25, 0.3) is 0 Å². The molecule has 4 nitrogen and oxygen atoms in total. The Morgan fingerprint density at radius 3 is 2.93 bits per heavy atom. The van der Waals surface area contributed by atoms with Crippen molar-refractivity contribution in [2.75, 3.05) is 24.8 Å². The van der Waals surface area contributed by atoms with Gasteiger partial charge in [0.1, 0.15) is 0 Å². The lowest BCUT2D eigenvalue weighted by Crippen LogP contribution is -2.13. The molecule has 0 fully saturated rings. The van der Waals surface area contributed by atoms with Crippen LogP contribution >= 0.6 is 15.9 Å². The Bertz CT molecular complexity index is 355. The fourth-order valence-electron chi connectivity index (χ4n) is 1.04. The van der Waals surface area contributed by atoms with Crippen LogP contribution in [0.3, 0.4) is 0 Å². The fourth-order valence-corrected chi connectivity index (χ4v) is 1.54. The summed E-state index contributed by atoms with van der Waals surface area (Å²) < 4.78 is 5.58. The van der Waals surface area contributed by atoms with Gasteiger partial charge in [0.05, 0.1) is 18.7 Å². The molecule has 15 heavy (non-hydrogen) atoms. The predicted molar refractivity (Wildman–Crippen MR) is 63.7 cm³/mol. The van der Waals surface area contributed by atoms with Gasteiger partial charge in [-0.1, -0.05) is 0 Å². The minimum absolute atomic E-state index is 0.0812. The number of benzene rings is 1. The number of anilines is 2. The van der Waals surface area contributed by atoms with Crippen molar-refractivity contribution in [1.29, 1.82) is 0 Å². The van der Waals surface area contributed by atoms with Crippen molar-refractivity contribution in [2.45, 2.75) is 6.42 Å². The van der Waals surface area contributed by atoms with Crippen molar-refractivity contribution < 1.29 is 9.53 Å². The number of carbonyl (C=O) groups is 1. The van der Waals surface area contributed by atoms with E-state index < -0.39 is 0 Å². The number of rotatable bonds is 4. The Hall–Kier alpha value is -1.07. The first-order valence-corrected chi connectivity index (χ1v) is 5.26. The van der Waals surface area contributed by atoms with Crippen LogP contribution in [0.4, 0.5) is 11.4 Å². The standard InChI is InChI=1S/C10H13BrN2O2/c1-15-5-4-10(14)13-9-3-2-7(12)6-8(9)11/h2-3,6H,4-5,12H2,1H3,(H,13,14). The number of methoxy groups -OCH3 is 1. The highest BCUT2D eigenvalue weighted by Crippen LogP contribution is 2.24. The van der Waals surface area contributed by atoms with Crippen LogP contribution in [0, 0.1) is 0 Å². The molecule has 0 atom stereocenters. The number of halogens is 1. The number of nitrogens with one attached hydrogen (secondary N) is 1. The summed E-state index contributed by atoms with van der Waals surface area (Å²) in [6, 6.07) is 5.23. The molecule has 0 bridgehead atoms. The smallest absolute Gasteiger partial charge is 0.226 e. The van der Waals surface area contributed by atoms with Gasteiger partial charge < -0.3 is 15.8 Å². The Morgan fingerprint density at radius 2 is 2.33 bits per heavy atom. The summed E-state index contributed by atoms with van der Waals surface area (Å²) in [4.78, 5) is 11.4. The quantitative estimate of drug-likeness (QED) is 0.825. The third-order valence-electron chi connectivity index (χ3n) is 1.80. The lowest BCUT2D eigenvalue weighted by molar-refractivity contribution is -0.117. The minimum Gasteiger partial charge on any atom is -0.399 e. The van der Waals surface area contributed by atoms with Gasteiger partial charge in [0.2, 0.25) is 5.91 Å². The normalized spacial score (nSPS) is 10.0. The summed E-state index contributed by atoms with van der Waals surface area (Å²) >= 11 is 3.32. The van der Waals surface area contributed by atoms with Crippen LogP contribution in [0.15, 0.2) is 22.7 Å². The van der Waals surface area contributed by atoms with Gasteiger partial charge in [0.15, 0.2) is 0 Å². The summed E-state index contributed by atoms with van der Waals surface area (Å²) in [7, 11) is 1.56. The predicted octanol–water partition coefficient (Wildman–Crippen LogP) is 2.01. The molecule has 0 radical (unpaired) electrons. The number of carbonyl (C=O) groups excluding carboxylic acids is 1. The number of hydrogen-bond donors (Lipinski definition) is 2. The van der Waals surface area contributed by atoms with Crippen molar-refractivity contribution >= 4 is 33.2 Å². The highest BCUT2D eigenvalue weighted by Gasteiger charge is 2.05. The van der Waals surface area contributed by atoms with E-state index in [2.05, 4.69) is 21.2 Å². The van der Waals surface area contributed by atoms with Crippen molar-refractivity contribution in [2.24, 2.45) is 0 Å². The highest BCUT2D eigenvalue weighted by molar-refractivity contribution is 9.10. The minimum atomic E-state index is -0.0812. The molecule has 1 aromatic rings. The molecule has 0 spiro atoms. The Kier molecular flexibility index (Phi) is 4.58. The third kappa shape index (κ3) is 3.89. The maximum Gasteiger partial charge on any atom is 0.226 e. The maximum atomic E-state index is 11.4. The van der Waals surface area contributed by atoms with Crippen molar-refractivity contribution in [3.05, 3.63) is 22.7 Å². The van der Waals surface area contributed by atoms with E-state index >= 15 is 0 Å². The van der Waals surface area contributed by atoms with Gasteiger partial charge in [-0.2, -0.15) is 0 Å². The molecular weight excluding hydrogens is 260 g/mol.